The highest BCUT2D eigenvalue weighted by atomic mass is 15.1. The quantitative estimate of drug-likeness (QED) is 0.769. The Labute approximate surface area is 118 Å². The van der Waals surface area contributed by atoms with Crippen molar-refractivity contribution in [3.05, 3.63) is 54.5 Å². The second-order valence-corrected chi connectivity index (χ2v) is 5.11. The molecule has 1 unspecified atom stereocenters. The summed E-state index contributed by atoms with van der Waals surface area (Å²) in [6.07, 6.45) is 9.76. The van der Waals surface area contributed by atoms with Crippen LogP contribution in [0.25, 0.3) is 5.65 Å². The molecule has 0 radical (unpaired) electrons. The number of nitrogens with zero attached hydrogens (tertiary/aromatic N) is 4. The summed E-state index contributed by atoms with van der Waals surface area (Å²) in [6.45, 7) is 2.83. The molecule has 0 spiro atoms. The number of hydrogen-bond acceptors (Lipinski definition) is 3. The van der Waals surface area contributed by atoms with Crippen molar-refractivity contribution in [3.8, 4) is 0 Å². The van der Waals surface area contributed by atoms with E-state index in [-0.39, 0.29) is 6.04 Å². The molecule has 2 N–H and O–H groups in total. The number of pyridine rings is 1. The molecule has 0 aliphatic heterocycles. The highest BCUT2D eigenvalue weighted by Gasteiger charge is 2.06. The van der Waals surface area contributed by atoms with E-state index in [9.17, 15) is 0 Å². The van der Waals surface area contributed by atoms with Gasteiger partial charge in [0.25, 0.3) is 0 Å². The second kappa shape index (κ2) is 5.46. The molecule has 3 aromatic heterocycles. The molecule has 0 amide bonds. The van der Waals surface area contributed by atoms with Gasteiger partial charge in [-0.3, -0.25) is 0 Å². The van der Waals surface area contributed by atoms with E-state index in [1.54, 1.807) is 0 Å². The minimum absolute atomic E-state index is 0.188. The Morgan fingerprint density at radius 2 is 2.15 bits per heavy atom. The molecule has 0 saturated heterocycles. The van der Waals surface area contributed by atoms with Gasteiger partial charge in [0.1, 0.15) is 5.65 Å². The van der Waals surface area contributed by atoms with Gasteiger partial charge in [-0.15, -0.1) is 0 Å². The average molecular weight is 269 g/mol. The summed E-state index contributed by atoms with van der Waals surface area (Å²) in [5.74, 6) is 0. The van der Waals surface area contributed by atoms with E-state index in [1.807, 2.05) is 41.3 Å². The fourth-order valence-electron chi connectivity index (χ4n) is 2.26. The van der Waals surface area contributed by atoms with Crippen LogP contribution in [0.5, 0.6) is 0 Å². The molecule has 0 bridgehead atoms. The number of rotatable bonds is 5. The predicted octanol–water partition coefficient (Wildman–Crippen LogP) is 1.86. The summed E-state index contributed by atoms with van der Waals surface area (Å²) < 4.78 is 4.08. The van der Waals surface area contributed by atoms with Crippen molar-refractivity contribution in [1.82, 2.24) is 18.9 Å². The van der Waals surface area contributed by atoms with E-state index in [0.29, 0.717) is 0 Å². The Balaban J connectivity index is 1.74. The molecule has 20 heavy (non-hydrogen) atoms. The van der Waals surface area contributed by atoms with Gasteiger partial charge in [-0.1, -0.05) is 13.0 Å². The monoisotopic (exact) mass is 269 g/mol. The lowest BCUT2D eigenvalue weighted by molar-refractivity contribution is 0.638. The van der Waals surface area contributed by atoms with Gasteiger partial charge >= 0.3 is 0 Å². The molecule has 0 saturated carbocycles. The van der Waals surface area contributed by atoms with Crippen LogP contribution in [0.3, 0.4) is 0 Å². The third kappa shape index (κ3) is 2.72. The fourth-order valence-corrected chi connectivity index (χ4v) is 2.26. The lowest BCUT2D eigenvalue weighted by Gasteiger charge is -2.04. The SMILES string of the molecule is CCC(N)Cc1cn(Cc2cn3ccccc3n2)cn1. The fraction of sp³-hybridized carbons (Fsp3) is 0.333. The number of nitrogens with two attached hydrogens (primary N) is 1. The van der Waals surface area contributed by atoms with Crippen LogP contribution in [-0.4, -0.2) is 25.0 Å². The maximum Gasteiger partial charge on any atom is 0.137 e. The van der Waals surface area contributed by atoms with Gasteiger partial charge in [0, 0.05) is 31.1 Å². The van der Waals surface area contributed by atoms with Crippen LogP contribution in [0.1, 0.15) is 24.7 Å². The third-order valence-corrected chi connectivity index (χ3v) is 3.44. The van der Waals surface area contributed by atoms with Crippen molar-refractivity contribution in [1.29, 1.82) is 0 Å². The first-order valence-corrected chi connectivity index (χ1v) is 6.93. The van der Waals surface area contributed by atoms with E-state index in [0.717, 1.165) is 36.4 Å². The molecule has 0 aromatic carbocycles. The van der Waals surface area contributed by atoms with Crippen LogP contribution in [-0.2, 0) is 13.0 Å². The normalized spacial score (nSPS) is 12.9. The first kappa shape index (κ1) is 12.9. The van der Waals surface area contributed by atoms with Gasteiger partial charge in [-0.25, -0.2) is 9.97 Å². The number of hydrogen-bond donors (Lipinski definition) is 1. The highest BCUT2D eigenvalue weighted by molar-refractivity contribution is 5.39. The molecule has 5 heteroatoms. The molecule has 0 aliphatic rings. The average Bonchev–Trinajstić information content (AvgIpc) is 3.05. The molecular formula is C15H19N5. The molecule has 3 heterocycles. The van der Waals surface area contributed by atoms with Crippen molar-refractivity contribution >= 4 is 5.65 Å². The highest BCUT2D eigenvalue weighted by Crippen LogP contribution is 2.08. The maximum atomic E-state index is 5.95. The zero-order chi connectivity index (χ0) is 13.9. The van der Waals surface area contributed by atoms with E-state index in [2.05, 4.69) is 27.7 Å². The van der Waals surface area contributed by atoms with Crippen molar-refractivity contribution in [2.45, 2.75) is 32.4 Å². The third-order valence-electron chi connectivity index (χ3n) is 3.44. The summed E-state index contributed by atoms with van der Waals surface area (Å²) in [4.78, 5) is 8.99. The maximum absolute atomic E-state index is 5.95. The summed E-state index contributed by atoms with van der Waals surface area (Å²) >= 11 is 0. The molecule has 5 nitrogen and oxygen atoms in total. The first-order chi connectivity index (χ1) is 9.74. The summed E-state index contributed by atoms with van der Waals surface area (Å²) in [5, 5.41) is 0. The van der Waals surface area contributed by atoms with Gasteiger partial charge in [0.2, 0.25) is 0 Å². The van der Waals surface area contributed by atoms with E-state index in [4.69, 9.17) is 5.73 Å². The topological polar surface area (TPSA) is 61.1 Å². The van der Waals surface area contributed by atoms with E-state index < -0.39 is 0 Å². The van der Waals surface area contributed by atoms with Gasteiger partial charge < -0.3 is 14.7 Å². The molecule has 0 aliphatic carbocycles. The minimum atomic E-state index is 0.188. The first-order valence-electron chi connectivity index (χ1n) is 6.93. The van der Waals surface area contributed by atoms with Gasteiger partial charge in [0.05, 0.1) is 24.3 Å². The number of aromatic nitrogens is 4. The molecule has 0 fully saturated rings. The van der Waals surface area contributed by atoms with Crippen LogP contribution in [0.15, 0.2) is 43.1 Å². The molecule has 3 rings (SSSR count). The van der Waals surface area contributed by atoms with Crippen LogP contribution < -0.4 is 5.73 Å². The summed E-state index contributed by atoms with van der Waals surface area (Å²) in [5.41, 5.74) is 8.99. The Kier molecular flexibility index (Phi) is 3.52. The smallest absolute Gasteiger partial charge is 0.137 e. The lowest BCUT2D eigenvalue weighted by atomic mass is 10.1. The number of fused-ring (bicyclic) bond motifs is 1. The summed E-state index contributed by atoms with van der Waals surface area (Å²) in [7, 11) is 0. The minimum Gasteiger partial charge on any atom is -0.331 e. The van der Waals surface area contributed by atoms with Crippen LogP contribution in [0.2, 0.25) is 0 Å². The van der Waals surface area contributed by atoms with Crippen molar-refractivity contribution in [2.24, 2.45) is 5.73 Å². The predicted molar refractivity (Wildman–Crippen MR) is 78.5 cm³/mol. The summed E-state index contributed by atoms with van der Waals surface area (Å²) in [6, 6.07) is 6.19. The van der Waals surface area contributed by atoms with Crippen LogP contribution in [0, 0.1) is 0 Å². The van der Waals surface area contributed by atoms with Crippen LogP contribution in [0.4, 0.5) is 0 Å². The molecule has 3 aromatic rings. The van der Waals surface area contributed by atoms with E-state index >= 15 is 0 Å². The molecule has 104 valence electrons. The van der Waals surface area contributed by atoms with Gasteiger partial charge in [0.15, 0.2) is 0 Å². The zero-order valence-corrected chi connectivity index (χ0v) is 11.6. The van der Waals surface area contributed by atoms with Gasteiger partial charge in [-0.2, -0.15) is 0 Å². The largest absolute Gasteiger partial charge is 0.331 e. The number of imidazole rings is 2. The molecule has 1 atom stereocenters. The second-order valence-electron chi connectivity index (χ2n) is 5.11. The van der Waals surface area contributed by atoms with E-state index in [1.165, 1.54) is 0 Å². The van der Waals surface area contributed by atoms with Crippen molar-refractivity contribution < 1.29 is 0 Å². The Bertz CT molecular complexity index is 664. The molecular weight excluding hydrogens is 250 g/mol. The standard InChI is InChI=1S/C15H19N5/c1-2-12(16)7-13-8-19(11-17-13)9-14-10-20-6-4-3-5-15(20)18-14/h3-6,8,10-12H,2,7,9,16H2,1H3. The Morgan fingerprint density at radius 3 is 2.95 bits per heavy atom. The lowest BCUT2D eigenvalue weighted by Crippen LogP contribution is -2.21. The Hall–Kier alpha value is -2.14. The zero-order valence-electron chi connectivity index (χ0n) is 11.6. The Morgan fingerprint density at radius 1 is 1.25 bits per heavy atom. The van der Waals surface area contributed by atoms with Crippen molar-refractivity contribution in [2.75, 3.05) is 0 Å². The van der Waals surface area contributed by atoms with Crippen LogP contribution >= 0.6 is 0 Å². The van der Waals surface area contributed by atoms with Gasteiger partial charge in [-0.05, 0) is 18.6 Å². The van der Waals surface area contributed by atoms with Crippen molar-refractivity contribution in [3.63, 3.8) is 0 Å².